The number of rotatable bonds is 11. The summed E-state index contributed by atoms with van der Waals surface area (Å²) >= 11 is 0. The molecule has 228 valence electrons. The average molecular weight is 639 g/mol. The standard InChI is InChI=1S/C29H35N5O5S.2ClH/c1-3-32-33-15-13-27(14-16-33)39-26-11-9-25(10-12-26)34(40(36,37)20-28(35)38-4-2)19-21-5-6-22-7-8-23(29(30)31)18-24(22)17-21;;/h3,5-12,17-18,27H,4,13-16,19-20H2,1-2H3,(H3,30,31);2*1H/b32-3+;;. The van der Waals surface area contributed by atoms with Gasteiger partial charge in [0.15, 0.2) is 5.75 Å². The number of ether oxygens (including phenoxy) is 2. The summed E-state index contributed by atoms with van der Waals surface area (Å²) in [4.78, 5) is 12.2. The van der Waals surface area contributed by atoms with Gasteiger partial charge in [-0.1, -0.05) is 24.3 Å². The first-order valence-corrected chi connectivity index (χ1v) is 14.8. The summed E-state index contributed by atoms with van der Waals surface area (Å²) < 4.78 is 39.2. The lowest BCUT2D eigenvalue weighted by Gasteiger charge is -2.30. The maximum atomic E-state index is 13.4. The summed E-state index contributed by atoms with van der Waals surface area (Å²) in [5, 5.41) is 15.8. The van der Waals surface area contributed by atoms with E-state index in [1.165, 1.54) is 4.31 Å². The lowest BCUT2D eigenvalue weighted by atomic mass is 10.0. The fourth-order valence-corrected chi connectivity index (χ4v) is 5.96. The van der Waals surface area contributed by atoms with Crippen LogP contribution >= 0.6 is 24.8 Å². The van der Waals surface area contributed by atoms with Crippen molar-refractivity contribution in [1.82, 2.24) is 5.01 Å². The largest absolute Gasteiger partial charge is 0.490 e. The van der Waals surface area contributed by atoms with Gasteiger partial charge in [0.1, 0.15) is 17.7 Å². The van der Waals surface area contributed by atoms with E-state index in [-0.39, 0.29) is 49.9 Å². The molecule has 13 heteroatoms. The van der Waals surface area contributed by atoms with E-state index in [0.29, 0.717) is 22.6 Å². The Morgan fingerprint density at radius 2 is 1.74 bits per heavy atom. The van der Waals surface area contributed by atoms with Gasteiger partial charge in [-0.25, -0.2) is 8.42 Å². The van der Waals surface area contributed by atoms with Gasteiger partial charge in [0.2, 0.25) is 10.0 Å². The predicted octanol–water partition coefficient (Wildman–Crippen LogP) is 4.72. The van der Waals surface area contributed by atoms with Crippen LogP contribution in [0.5, 0.6) is 5.75 Å². The molecule has 0 aliphatic carbocycles. The fraction of sp³-hybridized carbons (Fsp3) is 0.345. The first-order chi connectivity index (χ1) is 19.2. The van der Waals surface area contributed by atoms with Crippen molar-refractivity contribution in [3.63, 3.8) is 0 Å². The van der Waals surface area contributed by atoms with Crippen LogP contribution in [-0.2, 0) is 26.1 Å². The van der Waals surface area contributed by atoms with Crippen molar-refractivity contribution >= 4 is 69.3 Å². The highest BCUT2D eigenvalue weighted by molar-refractivity contribution is 7.93. The highest BCUT2D eigenvalue weighted by Gasteiger charge is 2.27. The van der Waals surface area contributed by atoms with E-state index < -0.39 is 21.7 Å². The van der Waals surface area contributed by atoms with E-state index >= 15 is 0 Å². The van der Waals surface area contributed by atoms with Crippen LogP contribution in [0.15, 0.2) is 65.8 Å². The van der Waals surface area contributed by atoms with E-state index in [1.54, 1.807) is 49.5 Å². The number of nitrogen functional groups attached to an aromatic ring is 1. The van der Waals surface area contributed by atoms with Gasteiger partial charge in [-0.15, -0.1) is 24.8 Å². The molecule has 1 aliphatic rings. The number of hydrogen-bond donors (Lipinski definition) is 2. The summed E-state index contributed by atoms with van der Waals surface area (Å²) in [5.41, 5.74) is 7.35. The van der Waals surface area contributed by atoms with Gasteiger partial charge in [-0.2, -0.15) is 5.10 Å². The molecular formula is C29H37Cl2N5O5S. The average Bonchev–Trinajstić information content (AvgIpc) is 2.93. The highest BCUT2D eigenvalue weighted by atomic mass is 35.5. The molecule has 0 spiro atoms. The molecule has 42 heavy (non-hydrogen) atoms. The van der Waals surface area contributed by atoms with Gasteiger partial charge in [-0.3, -0.25) is 19.5 Å². The zero-order valence-corrected chi connectivity index (χ0v) is 26.0. The molecule has 1 heterocycles. The molecule has 10 nitrogen and oxygen atoms in total. The van der Waals surface area contributed by atoms with Gasteiger partial charge in [0, 0.05) is 37.7 Å². The van der Waals surface area contributed by atoms with E-state index in [9.17, 15) is 13.2 Å². The number of anilines is 1. The summed E-state index contributed by atoms with van der Waals surface area (Å²) in [6.07, 6.45) is 3.51. The van der Waals surface area contributed by atoms with Gasteiger partial charge < -0.3 is 15.2 Å². The quantitative estimate of drug-likeness (QED) is 0.176. The lowest BCUT2D eigenvalue weighted by molar-refractivity contribution is -0.139. The number of esters is 1. The molecule has 0 bridgehead atoms. The second-order valence-electron chi connectivity index (χ2n) is 9.52. The molecule has 0 amide bonds. The first-order valence-electron chi connectivity index (χ1n) is 13.2. The van der Waals surface area contributed by atoms with Crippen LogP contribution in [0.2, 0.25) is 0 Å². The molecule has 3 aromatic carbocycles. The van der Waals surface area contributed by atoms with Crippen LogP contribution < -0.4 is 14.8 Å². The Balaban J connectivity index is 0.00000308. The summed E-state index contributed by atoms with van der Waals surface area (Å²) in [6.45, 7) is 5.24. The number of hydrogen-bond acceptors (Lipinski definition) is 8. The molecular weight excluding hydrogens is 601 g/mol. The van der Waals surface area contributed by atoms with Gasteiger partial charge in [0.25, 0.3) is 0 Å². The maximum Gasteiger partial charge on any atom is 0.323 e. The van der Waals surface area contributed by atoms with E-state index in [0.717, 1.165) is 36.7 Å². The number of piperidine rings is 1. The van der Waals surface area contributed by atoms with Crippen molar-refractivity contribution in [2.45, 2.75) is 39.3 Å². The summed E-state index contributed by atoms with van der Waals surface area (Å²) in [7, 11) is -4.08. The number of hydrazone groups is 1. The molecule has 0 unspecified atom stereocenters. The number of amidine groups is 1. The van der Waals surface area contributed by atoms with Crippen molar-refractivity contribution < 1.29 is 22.7 Å². The Hall–Kier alpha value is -3.54. The lowest BCUT2D eigenvalue weighted by Crippen LogP contribution is -2.36. The molecule has 0 aromatic heterocycles. The Morgan fingerprint density at radius 3 is 2.36 bits per heavy atom. The second kappa shape index (κ2) is 15.6. The van der Waals surface area contributed by atoms with Gasteiger partial charge in [-0.05, 0) is 66.6 Å². The topological polar surface area (TPSA) is 138 Å². The minimum Gasteiger partial charge on any atom is -0.490 e. The molecule has 1 fully saturated rings. The molecule has 3 N–H and O–H groups in total. The fourth-order valence-electron chi connectivity index (χ4n) is 4.63. The number of sulfonamides is 1. The molecule has 0 atom stereocenters. The second-order valence-corrected chi connectivity index (χ2v) is 11.4. The van der Waals surface area contributed by atoms with Crippen molar-refractivity contribution in [3.8, 4) is 5.75 Å². The van der Waals surface area contributed by atoms with Crippen molar-refractivity contribution in [2.24, 2.45) is 10.8 Å². The van der Waals surface area contributed by atoms with Crippen molar-refractivity contribution in [2.75, 3.05) is 29.8 Å². The minimum atomic E-state index is -4.08. The van der Waals surface area contributed by atoms with E-state index in [1.807, 2.05) is 36.2 Å². The van der Waals surface area contributed by atoms with Gasteiger partial charge in [0.05, 0.1) is 18.8 Å². The third-order valence-electron chi connectivity index (χ3n) is 6.61. The van der Waals surface area contributed by atoms with Crippen LogP contribution in [0.3, 0.4) is 0 Å². The molecule has 0 saturated carbocycles. The Kier molecular flexibility index (Phi) is 12.9. The zero-order valence-electron chi connectivity index (χ0n) is 23.6. The van der Waals surface area contributed by atoms with Crippen LogP contribution in [0.4, 0.5) is 5.69 Å². The number of benzene rings is 3. The monoisotopic (exact) mass is 637 g/mol. The van der Waals surface area contributed by atoms with Crippen LogP contribution in [-0.4, -0.2) is 63.0 Å². The molecule has 0 radical (unpaired) electrons. The number of halogens is 2. The third kappa shape index (κ3) is 8.98. The zero-order chi connectivity index (χ0) is 28.7. The number of nitrogens with zero attached hydrogens (tertiary/aromatic N) is 3. The van der Waals surface area contributed by atoms with Crippen LogP contribution in [0, 0.1) is 5.41 Å². The summed E-state index contributed by atoms with van der Waals surface area (Å²) in [5.74, 6) is -0.990. The van der Waals surface area contributed by atoms with Crippen LogP contribution in [0.25, 0.3) is 10.8 Å². The molecule has 3 aromatic rings. The number of nitrogens with one attached hydrogen (secondary N) is 1. The maximum absolute atomic E-state index is 13.4. The predicted molar refractivity (Wildman–Crippen MR) is 172 cm³/mol. The van der Waals surface area contributed by atoms with Crippen molar-refractivity contribution in [1.29, 1.82) is 5.41 Å². The molecule has 1 aliphatic heterocycles. The number of carbonyl (C=O) groups excluding carboxylic acids is 1. The van der Waals surface area contributed by atoms with Crippen molar-refractivity contribution in [3.05, 3.63) is 71.8 Å². The van der Waals surface area contributed by atoms with E-state index in [4.69, 9.17) is 20.6 Å². The van der Waals surface area contributed by atoms with Crippen LogP contribution in [0.1, 0.15) is 37.8 Å². The normalized spacial score (nSPS) is 13.7. The molecule has 4 rings (SSSR count). The number of fused-ring (bicyclic) bond motifs is 1. The Bertz CT molecular complexity index is 1490. The smallest absolute Gasteiger partial charge is 0.323 e. The first kappa shape index (κ1) is 34.7. The number of nitrogens with two attached hydrogens (primary N) is 1. The minimum absolute atomic E-state index is 0. The van der Waals surface area contributed by atoms with Gasteiger partial charge >= 0.3 is 5.97 Å². The Labute approximate surface area is 259 Å². The Morgan fingerprint density at radius 1 is 1.07 bits per heavy atom. The number of carbonyl (C=O) groups is 1. The van der Waals surface area contributed by atoms with E-state index in [2.05, 4.69) is 5.10 Å². The third-order valence-corrected chi connectivity index (χ3v) is 8.22. The highest BCUT2D eigenvalue weighted by Crippen LogP contribution is 2.28. The molecule has 1 saturated heterocycles. The SMILES string of the molecule is C/C=N/N1CCC(Oc2ccc(N(Cc3ccc4ccc(C(=N)N)cc4c3)S(=O)(=O)CC(=O)OCC)cc2)CC1.Cl.Cl. The summed E-state index contributed by atoms with van der Waals surface area (Å²) in [6, 6.07) is 17.9.